The SMILES string of the molecule is OC1(CCc2cc3ncccn3n2)CC1. The van der Waals surface area contributed by atoms with E-state index in [4.69, 9.17) is 0 Å². The predicted molar refractivity (Wildman–Crippen MR) is 55.5 cm³/mol. The Labute approximate surface area is 87.6 Å². The van der Waals surface area contributed by atoms with E-state index >= 15 is 0 Å². The van der Waals surface area contributed by atoms with Crippen LogP contribution in [0.4, 0.5) is 0 Å². The lowest BCUT2D eigenvalue weighted by Crippen LogP contribution is -2.07. The number of aryl methyl sites for hydroxylation is 1. The van der Waals surface area contributed by atoms with Crippen LogP contribution in [0.3, 0.4) is 0 Å². The van der Waals surface area contributed by atoms with E-state index in [2.05, 4.69) is 10.1 Å². The molecule has 15 heavy (non-hydrogen) atoms. The summed E-state index contributed by atoms with van der Waals surface area (Å²) in [5.74, 6) is 0. The van der Waals surface area contributed by atoms with Crippen molar-refractivity contribution < 1.29 is 5.11 Å². The second-order valence-corrected chi connectivity index (χ2v) is 4.28. The molecule has 4 nitrogen and oxygen atoms in total. The van der Waals surface area contributed by atoms with Gasteiger partial charge in [-0.1, -0.05) is 0 Å². The number of aliphatic hydroxyl groups is 1. The lowest BCUT2D eigenvalue weighted by Gasteiger charge is -2.03. The van der Waals surface area contributed by atoms with Crippen LogP contribution < -0.4 is 0 Å². The molecular formula is C11H13N3O. The maximum Gasteiger partial charge on any atom is 0.155 e. The van der Waals surface area contributed by atoms with Crippen molar-refractivity contribution in [1.82, 2.24) is 14.6 Å². The maximum absolute atomic E-state index is 9.71. The molecule has 2 aromatic rings. The maximum atomic E-state index is 9.71. The lowest BCUT2D eigenvalue weighted by atomic mass is 10.1. The fourth-order valence-corrected chi connectivity index (χ4v) is 1.76. The fraction of sp³-hybridized carbons (Fsp3) is 0.455. The molecule has 1 aliphatic carbocycles. The Kier molecular flexibility index (Phi) is 1.79. The van der Waals surface area contributed by atoms with E-state index in [0.29, 0.717) is 0 Å². The molecule has 1 N–H and O–H groups in total. The molecule has 78 valence electrons. The first kappa shape index (κ1) is 8.85. The van der Waals surface area contributed by atoms with Gasteiger partial charge in [-0.3, -0.25) is 0 Å². The van der Waals surface area contributed by atoms with Crippen LogP contribution in [0.5, 0.6) is 0 Å². The molecule has 1 saturated carbocycles. The monoisotopic (exact) mass is 203 g/mol. The predicted octanol–water partition coefficient (Wildman–Crippen LogP) is 1.19. The minimum absolute atomic E-state index is 0.386. The molecule has 1 fully saturated rings. The van der Waals surface area contributed by atoms with Crippen LogP contribution in [0.15, 0.2) is 24.5 Å². The first-order valence-corrected chi connectivity index (χ1v) is 5.27. The summed E-state index contributed by atoms with van der Waals surface area (Å²) in [6.07, 6.45) is 7.18. The molecule has 0 amide bonds. The summed E-state index contributed by atoms with van der Waals surface area (Å²) in [4.78, 5) is 4.20. The van der Waals surface area contributed by atoms with E-state index in [1.807, 2.05) is 18.3 Å². The van der Waals surface area contributed by atoms with Gasteiger partial charge in [-0.05, 0) is 31.7 Å². The van der Waals surface area contributed by atoms with Crippen molar-refractivity contribution in [1.29, 1.82) is 0 Å². The third-order valence-electron chi connectivity index (χ3n) is 2.96. The molecule has 3 rings (SSSR count). The standard InChI is InChI=1S/C11H13N3O/c15-11(4-5-11)3-2-9-8-10-12-6-1-7-14(10)13-9/h1,6-8,15H,2-5H2. The van der Waals surface area contributed by atoms with Crippen LogP contribution in [-0.2, 0) is 6.42 Å². The zero-order valence-corrected chi connectivity index (χ0v) is 8.43. The summed E-state index contributed by atoms with van der Waals surface area (Å²) in [5.41, 5.74) is 1.49. The minimum Gasteiger partial charge on any atom is -0.390 e. The van der Waals surface area contributed by atoms with Crippen molar-refractivity contribution in [3.63, 3.8) is 0 Å². The summed E-state index contributed by atoms with van der Waals surface area (Å²) < 4.78 is 1.77. The molecule has 0 saturated heterocycles. The smallest absolute Gasteiger partial charge is 0.155 e. The summed E-state index contributed by atoms with van der Waals surface area (Å²) in [7, 11) is 0. The van der Waals surface area contributed by atoms with Gasteiger partial charge in [-0.2, -0.15) is 5.10 Å². The van der Waals surface area contributed by atoms with E-state index in [1.54, 1.807) is 10.7 Å². The van der Waals surface area contributed by atoms with Gasteiger partial charge < -0.3 is 5.11 Å². The highest BCUT2D eigenvalue weighted by molar-refractivity contribution is 5.38. The van der Waals surface area contributed by atoms with Crippen LogP contribution in [0, 0.1) is 0 Å². The molecule has 0 radical (unpaired) electrons. The Morgan fingerprint density at radius 2 is 2.33 bits per heavy atom. The largest absolute Gasteiger partial charge is 0.390 e. The summed E-state index contributed by atoms with van der Waals surface area (Å²) in [6.45, 7) is 0. The van der Waals surface area contributed by atoms with Crippen LogP contribution in [0.2, 0.25) is 0 Å². The van der Waals surface area contributed by atoms with Crippen LogP contribution >= 0.6 is 0 Å². The third kappa shape index (κ3) is 1.72. The number of hydrogen-bond donors (Lipinski definition) is 1. The van der Waals surface area contributed by atoms with Gasteiger partial charge in [0.15, 0.2) is 5.65 Å². The highest BCUT2D eigenvalue weighted by atomic mass is 16.3. The van der Waals surface area contributed by atoms with Crippen molar-refractivity contribution >= 4 is 5.65 Å². The Morgan fingerprint density at radius 1 is 1.47 bits per heavy atom. The number of aromatic nitrogens is 3. The Morgan fingerprint density at radius 3 is 3.07 bits per heavy atom. The second kappa shape index (κ2) is 3.03. The van der Waals surface area contributed by atoms with Crippen LogP contribution in [0.1, 0.15) is 25.0 Å². The molecule has 0 unspecified atom stereocenters. The first-order valence-electron chi connectivity index (χ1n) is 5.27. The molecule has 0 atom stereocenters. The van der Waals surface area contributed by atoms with Crippen molar-refractivity contribution in [3.8, 4) is 0 Å². The topological polar surface area (TPSA) is 50.4 Å². The summed E-state index contributed by atoms with van der Waals surface area (Å²) >= 11 is 0. The summed E-state index contributed by atoms with van der Waals surface area (Å²) in [6, 6.07) is 3.84. The number of hydrogen-bond acceptors (Lipinski definition) is 3. The Bertz CT molecular complexity index is 454. The first-order chi connectivity index (χ1) is 7.25. The van der Waals surface area contributed by atoms with Crippen LogP contribution in [0.25, 0.3) is 5.65 Å². The second-order valence-electron chi connectivity index (χ2n) is 4.28. The molecule has 4 heteroatoms. The van der Waals surface area contributed by atoms with Gasteiger partial charge in [0.2, 0.25) is 0 Å². The Hall–Kier alpha value is -1.42. The molecule has 2 aromatic heterocycles. The normalized spacial score (nSPS) is 18.2. The van der Waals surface area contributed by atoms with Crippen molar-refractivity contribution in [3.05, 3.63) is 30.2 Å². The van der Waals surface area contributed by atoms with E-state index in [-0.39, 0.29) is 5.60 Å². The fourth-order valence-electron chi connectivity index (χ4n) is 1.76. The average Bonchev–Trinajstić information content (AvgIpc) is 2.83. The third-order valence-corrected chi connectivity index (χ3v) is 2.96. The summed E-state index contributed by atoms with van der Waals surface area (Å²) in [5, 5.41) is 14.1. The zero-order chi connectivity index (χ0) is 10.3. The van der Waals surface area contributed by atoms with Gasteiger partial charge >= 0.3 is 0 Å². The molecule has 1 aliphatic rings. The zero-order valence-electron chi connectivity index (χ0n) is 8.43. The van der Waals surface area contributed by atoms with E-state index in [1.165, 1.54) is 0 Å². The molecule has 0 spiro atoms. The molecule has 0 bridgehead atoms. The average molecular weight is 203 g/mol. The van der Waals surface area contributed by atoms with Gasteiger partial charge in [0.1, 0.15) is 0 Å². The van der Waals surface area contributed by atoms with Crippen molar-refractivity contribution in [2.75, 3.05) is 0 Å². The van der Waals surface area contributed by atoms with Crippen molar-refractivity contribution in [2.24, 2.45) is 0 Å². The number of rotatable bonds is 3. The Balaban J connectivity index is 1.79. The molecular weight excluding hydrogens is 190 g/mol. The highest BCUT2D eigenvalue weighted by Gasteiger charge is 2.39. The number of fused-ring (bicyclic) bond motifs is 1. The van der Waals surface area contributed by atoms with Gasteiger partial charge in [-0.15, -0.1) is 0 Å². The van der Waals surface area contributed by atoms with E-state index in [0.717, 1.165) is 37.0 Å². The lowest BCUT2D eigenvalue weighted by molar-refractivity contribution is 0.140. The molecule has 0 aromatic carbocycles. The van der Waals surface area contributed by atoms with E-state index in [9.17, 15) is 5.11 Å². The van der Waals surface area contributed by atoms with Crippen molar-refractivity contribution in [2.45, 2.75) is 31.3 Å². The quantitative estimate of drug-likeness (QED) is 0.815. The highest BCUT2D eigenvalue weighted by Crippen LogP contribution is 2.39. The minimum atomic E-state index is -0.386. The van der Waals surface area contributed by atoms with E-state index < -0.39 is 0 Å². The molecule has 2 heterocycles. The number of nitrogens with zero attached hydrogens (tertiary/aromatic N) is 3. The van der Waals surface area contributed by atoms with Gasteiger partial charge in [0, 0.05) is 18.5 Å². The van der Waals surface area contributed by atoms with Gasteiger partial charge in [-0.25, -0.2) is 9.50 Å². The van der Waals surface area contributed by atoms with Gasteiger partial charge in [0.05, 0.1) is 11.3 Å². The molecule has 0 aliphatic heterocycles. The van der Waals surface area contributed by atoms with Gasteiger partial charge in [0.25, 0.3) is 0 Å². The van der Waals surface area contributed by atoms with Crippen LogP contribution in [-0.4, -0.2) is 25.3 Å².